The van der Waals surface area contributed by atoms with Gasteiger partial charge in [0.05, 0.1) is 6.08 Å². The normalized spacial score (nSPS) is 11.6. The molecule has 0 aliphatic carbocycles. The first-order valence-corrected chi connectivity index (χ1v) is 3.25. The zero-order valence-electron chi connectivity index (χ0n) is 5.93. The van der Waals surface area contributed by atoms with E-state index in [0.717, 1.165) is 6.42 Å². The SMILES string of the molecule is CCCC/C(F)=C/C(=O)O. The Morgan fingerprint density at radius 3 is 2.70 bits per heavy atom. The number of hydrogen-bond donors (Lipinski definition) is 1. The molecule has 0 amide bonds. The van der Waals surface area contributed by atoms with Crippen LogP contribution in [0, 0.1) is 0 Å². The number of unbranched alkanes of at least 4 members (excludes halogenated alkanes) is 1. The minimum absolute atomic E-state index is 0.239. The third kappa shape index (κ3) is 5.28. The van der Waals surface area contributed by atoms with Gasteiger partial charge in [0.15, 0.2) is 0 Å². The van der Waals surface area contributed by atoms with Crippen molar-refractivity contribution in [3.8, 4) is 0 Å². The summed E-state index contributed by atoms with van der Waals surface area (Å²) in [6.45, 7) is 1.92. The Hall–Kier alpha value is -0.860. The smallest absolute Gasteiger partial charge is 0.330 e. The van der Waals surface area contributed by atoms with Crippen LogP contribution in [-0.2, 0) is 4.79 Å². The van der Waals surface area contributed by atoms with Crippen molar-refractivity contribution >= 4 is 5.97 Å². The van der Waals surface area contributed by atoms with Crippen LogP contribution in [0.3, 0.4) is 0 Å². The van der Waals surface area contributed by atoms with Crippen molar-refractivity contribution in [2.45, 2.75) is 26.2 Å². The first kappa shape index (κ1) is 9.14. The predicted octanol–water partition coefficient (Wildman–Crippen LogP) is 2.11. The average molecular weight is 146 g/mol. The van der Waals surface area contributed by atoms with Gasteiger partial charge in [-0.1, -0.05) is 13.3 Å². The van der Waals surface area contributed by atoms with E-state index < -0.39 is 11.8 Å². The Morgan fingerprint density at radius 2 is 2.30 bits per heavy atom. The van der Waals surface area contributed by atoms with Gasteiger partial charge in [0, 0.05) is 0 Å². The van der Waals surface area contributed by atoms with Crippen molar-refractivity contribution in [2.24, 2.45) is 0 Å². The van der Waals surface area contributed by atoms with Gasteiger partial charge in [0.2, 0.25) is 0 Å². The molecule has 0 heterocycles. The van der Waals surface area contributed by atoms with E-state index in [2.05, 4.69) is 0 Å². The van der Waals surface area contributed by atoms with Crippen LogP contribution >= 0.6 is 0 Å². The van der Waals surface area contributed by atoms with Crippen molar-refractivity contribution in [3.05, 3.63) is 11.9 Å². The van der Waals surface area contributed by atoms with E-state index in [0.29, 0.717) is 12.5 Å². The van der Waals surface area contributed by atoms with Crippen LogP contribution in [0.25, 0.3) is 0 Å². The Bertz CT molecular complexity index is 141. The summed E-state index contributed by atoms with van der Waals surface area (Å²) in [5.41, 5.74) is 0. The highest BCUT2D eigenvalue weighted by Gasteiger charge is 1.96. The van der Waals surface area contributed by atoms with E-state index in [1.807, 2.05) is 6.92 Å². The minimum Gasteiger partial charge on any atom is -0.478 e. The summed E-state index contributed by atoms with van der Waals surface area (Å²) in [6.07, 6.45) is 2.43. The van der Waals surface area contributed by atoms with Crippen molar-refractivity contribution in [1.29, 1.82) is 0 Å². The number of allylic oxidation sites excluding steroid dienone is 1. The van der Waals surface area contributed by atoms with Crippen LogP contribution in [0.4, 0.5) is 4.39 Å². The Morgan fingerprint density at radius 1 is 1.70 bits per heavy atom. The van der Waals surface area contributed by atoms with Crippen LogP contribution in [0.5, 0.6) is 0 Å². The molecule has 0 saturated carbocycles. The zero-order valence-corrected chi connectivity index (χ0v) is 5.93. The van der Waals surface area contributed by atoms with Gasteiger partial charge in [-0.2, -0.15) is 0 Å². The monoisotopic (exact) mass is 146 g/mol. The standard InChI is InChI=1S/C7H11FO2/c1-2-3-4-6(8)5-7(9)10/h5H,2-4H2,1H3,(H,9,10)/b6-5-. The van der Waals surface area contributed by atoms with E-state index in [4.69, 9.17) is 5.11 Å². The van der Waals surface area contributed by atoms with Crippen molar-refractivity contribution < 1.29 is 14.3 Å². The second kappa shape index (κ2) is 4.97. The summed E-state index contributed by atoms with van der Waals surface area (Å²) < 4.78 is 12.3. The van der Waals surface area contributed by atoms with Crippen LogP contribution in [0.15, 0.2) is 11.9 Å². The maximum Gasteiger partial charge on any atom is 0.330 e. The minimum atomic E-state index is -1.21. The molecule has 0 aromatic carbocycles. The molecule has 0 fully saturated rings. The van der Waals surface area contributed by atoms with Crippen molar-refractivity contribution in [1.82, 2.24) is 0 Å². The van der Waals surface area contributed by atoms with Gasteiger partial charge in [-0.05, 0) is 12.8 Å². The molecule has 0 aliphatic heterocycles. The highest BCUT2D eigenvalue weighted by atomic mass is 19.1. The number of carboxylic acids is 1. The van der Waals surface area contributed by atoms with Gasteiger partial charge >= 0.3 is 5.97 Å². The van der Waals surface area contributed by atoms with E-state index in [1.54, 1.807) is 0 Å². The summed E-state index contributed by atoms with van der Waals surface area (Å²) in [5.74, 6) is -1.76. The fourth-order valence-electron chi connectivity index (χ4n) is 0.552. The molecule has 0 unspecified atom stereocenters. The number of rotatable bonds is 4. The molecule has 0 atom stereocenters. The highest BCUT2D eigenvalue weighted by Crippen LogP contribution is 2.07. The van der Waals surface area contributed by atoms with Crippen LogP contribution in [-0.4, -0.2) is 11.1 Å². The lowest BCUT2D eigenvalue weighted by atomic mass is 10.2. The maximum absolute atomic E-state index is 12.3. The van der Waals surface area contributed by atoms with Crippen LogP contribution in [0.1, 0.15) is 26.2 Å². The number of carboxylic acid groups (broad SMARTS) is 1. The zero-order chi connectivity index (χ0) is 7.98. The molecule has 0 spiro atoms. The second-order valence-electron chi connectivity index (χ2n) is 2.03. The average Bonchev–Trinajstić information content (AvgIpc) is 1.82. The third-order valence-corrected chi connectivity index (χ3v) is 1.05. The van der Waals surface area contributed by atoms with Gasteiger partial charge in [-0.25, -0.2) is 9.18 Å². The summed E-state index contributed by atoms with van der Waals surface area (Å²) in [4.78, 5) is 9.86. The van der Waals surface area contributed by atoms with E-state index in [9.17, 15) is 9.18 Å². The molecule has 0 aromatic rings. The van der Waals surface area contributed by atoms with Gasteiger partial charge in [0.1, 0.15) is 5.83 Å². The lowest BCUT2D eigenvalue weighted by molar-refractivity contribution is -0.131. The fraction of sp³-hybridized carbons (Fsp3) is 0.571. The summed E-state index contributed by atoms with van der Waals surface area (Å²) >= 11 is 0. The molecule has 0 aliphatic rings. The molecule has 0 radical (unpaired) electrons. The van der Waals surface area contributed by atoms with Gasteiger partial charge in [0.25, 0.3) is 0 Å². The summed E-state index contributed by atoms with van der Waals surface area (Å²) in [5, 5.41) is 8.07. The molecular formula is C7H11FO2. The predicted molar refractivity (Wildman–Crippen MR) is 36.4 cm³/mol. The summed E-state index contributed by atoms with van der Waals surface area (Å²) in [6, 6.07) is 0. The van der Waals surface area contributed by atoms with E-state index in [-0.39, 0.29) is 6.42 Å². The highest BCUT2D eigenvalue weighted by molar-refractivity contribution is 5.80. The first-order chi connectivity index (χ1) is 4.66. The summed E-state index contributed by atoms with van der Waals surface area (Å²) in [7, 11) is 0. The number of halogens is 1. The number of aliphatic carboxylic acids is 1. The van der Waals surface area contributed by atoms with E-state index in [1.165, 1.54) is 0 Å². The molecule has 0 aromatic heterocycles. The van der Waals surface area contributed by atoms with Crippen LogP contribution < -0.4 is 0 Å². The molecule has 58 valence electrons. The fourth-order valence-corrected chi connectivity index (χ4v) is 0.552. The van der Waals surface area contributed by atoms with Gasteiger partial charge in [-0.3, -0.25) is 0 Å². The molecular weight excluding hydrogens is 135 g/mol. The molecule has 3 heteroatoms. The first-order valence-electron chi connectivity index (χ1n) is 3.25. The van der Waals surface area contributed by atoms with Gasteiger partial charge < -0.3 is 5.11 Å². The number of carbonyl (C=O) groups is 1. The van der Waals surface area contributed by atoms with Gasteiger partial charge in [-0.15, -0.1) is 0 Å². The lowest BCUT2D eigenvalue weighted by Gasteiger charge is -1.91. The lowest BCUT2D eigenvalue weighted by Crippen LogP contribution is -1.88. The largest absolute Gasteiger partial charge is 0.478 e. The molecule has 0 bridgehead atoms. The van der Waals surface area contributed by atoms with E-state index >= 15 is 0 Å². The Balaban J connectivity index is 3.60. The Labute approximate surface area is 59.4 Å². The molecule has 1 N–H and O–H groups in total. The van der Waals surface area contributed by atoms with Crippen molar-refractivity contribution in [2.75, 3.05) is 0 Å². The number of hydrogen-bond acceptors (Lipinski definition) is 1. The molecule has 0 saturated heterocycles. The maximum atomic E-state index is 12.3. The third-order valence-electron chi connectivity index (χ3n) is 1.05. The van der Waals surface area contributed by atoms with Crippen LogP contribution in [0.2, 0.25) is 0 Å². The molecule has 2 nitrogen and oxygen atoms in total. The molecule has 10 heavy (non-hydrogen) atoms. The second-order valence-corrected chi connectivity index (χ2v) is 2.03. The molecule has 0 rings (SSSR count). The van der Waals surface area contributed by atoms with Crippen molar-refractivity contribution in [3.63, 3.8) is 0 Å². The topological polar surface area (TPSA) is 37.3 Å². The Kier molecular flexibility index (Phi) is 4.54. The quantitative estimate of drug-likeness (QED) is 0.617.